The number of carbonyl (C=O) groups is 1. The van der Waals surface area contributed by atoms with Crippen molar-refractivity contribution >= 4 is 17.0 Å². The number of nitrogens with one attached hydrogen (secondary N) is 1. The number of hydrogen-bond donors (Lipinski definition) is 1. The highest BCUT2D eigenvalue weighted by Gasteiger charge is 2.31. The molecule has 42 heavy (non-hydrogen) atoms. The van der Waals surface area contributed by atoms with Gasteiger partial charge in [-0.3, -0.25) is 14.0 Å². The fourth-order valence-corrected chi connectivity index (χ4v) is 5.11. The molecule has 0 aliphatic heterocycles. The van der Waals surface area contributed by atoms with Crippen molar-refractivity contribution in [2.75, 3.05) is 20.3 Å². The van der Waals surface area contributed by atoms with Crippen molar-refractivity contribution in [2.45, 2.75) is 65.3 Å². The third-order valence-electron chi connectivity index (χ3n) is 7.17. The maximum Gasteiger partial charge on any atom is 0.336 e. The van der Waals surface area contributed by atoms with Gasteiger partial charge in [-0.2, -0.15) is 5.10 Å². The summed E-state index contributed by atoms with van der Waals surface area (Å²) < 4.78 is 20.2. The molecule has 2 aromatic heterocycles. The SMILES string of the molecule is CCCc1nn(C)c2c(=O)n(CCOc3ccc(C(NCc4ccccc4)C(OCC)C(=O)OC)cc3)c(CC)nc12. The molecular weight excluding hydrogens is 534 g/mol. The van der Waals surface area contributed by atoms with Crippen LogP contribution in [0.4, 0.5) is 0 Å². The van der Waals surface area contributed by atoms with E-state index in [9.17, 15) is 9.59 Å². The van der Waals surface area contributed by atoms with Crippen LogP contribution < -0.4 is 15.6 Å². The van der Waals surface area contributed by atoms with Gasteiger partial charge in [-0.25, -0.2) is 9.78 Å². The minimum absolute atomic E-state index is 0.106. The molecule has 10 nitrogen and oxygen atoms in total. The number of aromatic nitrogens is 4. The van der Waals surface area contributed by atoms with Gasteiger partial charge in [0.25, 0.3) is 5.56 Å². The van der Waals surface area contributed by atoms with Crippen LogP contribution in [0.1, 0.15) is 55.9 Å². The number of ether oxygens (including phenoxy) is 3. The number of fused-ring (bicyclic) bond motifs is 1. The average molecular weight is 576 g/mol. The van der Waals surface area contributed by atoms with E-state index in [2.05, 4.69) is 17.3 Å². The van der Waals surface area contributed by atoms with Crippen LogP contribution >= 0.6 is 0 Å². The molecule has 0 radical (unpaired) electrons. The summed E-state index contributed by atoms with van der Waals surface area (Å²) in [6.45, 7) is 7.49. The number of aryl methyl sites for hydroxylation is 3. The third-order valence-corrected chi connectivity index (χ3v) is 7.17. The smallest absolute Gasteiger partial charge is 0.336 e. The second kappa shape index (κ2) is 14.7. The molecular formula is C32H41N5O5. The molecule has 2 aromatic carbocycles. The monoisotopic (exact) mass is 575 g/mol. The minimum atomic E-state index is -0.818. The molecule has 10 heteroatoms. The van der Waals surface area contributed by atoms with Gasteiger partial charge in [0.15, 0.2) is 11.6 Å². The van der Waals surface area contributed by atoms with Crippen molar-refractivity contribution in [1.29, 1.82) is 0 Å². The maximum atomic E-state index is 13.4. The van der Waals surface area contributed by atoms with E-state index in [-0.39, 0.29) is 5.56 Å². The number of rotatable bonds is 15. The lowest BCUT2D eigenvalue weighted by molar-refractivity contribution is -0.156. The second-order valence-corrected chi connectivity index (χ2v) is 10.0. The van der Waals surface area contributed by atoms with E-state index in [1.807, 2.05) is 68.4 Å². The first kappa shape index (κ1) is 30.9. The molecule has 4 aromatic rings. The van der Waals surface area contributed by atoms with Crippen LogP contribution in [0.15, 0.2) is 59.4 Å². The number of carbonyl (C=O) groups excluding carboxylic acids is 1. The Morgan fingerprint density at radius 1 is 1.05 bits per heavy atom. The molecule has 2 heterocycles. The largest absolute Gasteiger partial charge is 0.492 e. The normalized spacial score (nSPS) is 12.8. The van der Waals surface area contributed by atoms with E-state index in [1.165, 1.54) is 7.11 Å². The van der Waals surface area contributed by atoms with Crippen LogP contribution in [-0.4, -0.2) is 51.7 Å². The summed E-state index contributed by atoms with van der Waals surface area (Å²) in [6, 6.07) is 17.1. The average Bonchev–Trinajstić information content (AvgIpc) is 3.33. The van der Waals surface area contributed by atoms with Gasteiger partial charge in [0, 0.05) is 26.6 Å². The molecule has 0 spiro atoms. The molecule has 224 valence electrons. The number of esters is 1. The lowest BCUT2D eigenvalue weighted by Gasteiger charge is -2.27. The van der Waals surface area contributed by atoms with Crippen LogP contribution in [0, 0.1) is 0 Å². The standard InChI is InChI=1S/C32H41N5O5/c1-6-12-25-28-29(36(4)35-25)31(38)37(26(7-2)34-28)19-20-42-24-17-15-23(16-18-24)27(30(41-8-3)32(39)40-5)33-21-22-13-10-9-11-14-22/h9-11,13-18,27,30,33H,6-8,12,19-21H2,1-5H3. The quantitative estimate of drug-likeness (QED) is 0.211. The summed E-state index contributed by atoms with van der Waals surface area (Å²) in [5, 5.41) is 8.01. The third kappa shape index (κ3) is 7.06. The first-order valence-electron chi connectivity index (χ1n) is 14.6. The Morgan fingerprint density at radius 3 is 2.43 bits per heavy atom. The van der Waals surface area contributed by atoms with Crippen molar-refractivity contribution in [1.82, 2.24) is 24.6 Å². The first-order valence-corrected chi connectivity index (χ1v) is 14.6. The van der Waals surface area contributed by atoms with E-state index in [4.69, 9.17) is 19.2 Å². The van der Waals surface area contributed by atoms with Gasteiger partial charge in [0.05, 0.1) is 25.4 Å². The zero-order valence-corrected chi connectivity index (χ0v) is 25.1. The molecule has 0 amide bonds. The summed E-state index contributed by atoms with van der Waals surface area (Å²) in [6.07, 6.45) is 1.52. The Balaban J connectivity index is 1.50. The fourth-order valence-electron chi connectivity index (χ4n) is 5.11. The van der Waals surface area contributed by atoms with Gasteiger partial charge >= 0.3 is 5.97 Å². The minimum Gasteiger partial charge on any atom is -0.492 e. The zero-order chi connectivity index (χ0) is 30.1. The number of nitrogens with zero attached hydrogens (tertiary/aromatic N) is 4. The summed E-state index contributed by atoms with van der Waals surface area (Å²) in [4.78, 5) is 30.9. The number of benzene rings is 2. The van der Waals surface area contributed by atoms with Gasteiger partial charge < -0.3 is 19.5 Å². The Bertz CT molecular complexity index is 1510. The van der Waals surface area contributed by atoms with Crippen molar-refractivity contribution in [3.05, 3.63) is 87.6 Å². The number of methoxy groups -OCH3 is 1. The Morgan fingerprint density at radius 2 is 1.79 bits per heavy atom. The van der Waals surface area contributed by atoms with Gasteiger partial charge in [0.2, 0.25) is 0 Å². The summed E-state index contributed by atoms with van der Waals surface area (Å²) in [7, 11) is 3.15. The number of hydrogen-bond acceptors (Lipinski definition) is 8. The Hall–Kier alpha value is -4.02. The van der Waals surface area contributed by atoms with E-state index in [0.717, 1.165) is 29.7 Å². The molecule has 4 rings (SSSR count). The first-order chi connectivity index (χ1) is 20.4. The van der Waals surface area contributed by atoms with Crippen LogP contribution in [0.5, 0.6) is 5.75 Å². The highest BCUT2D eigenvalue weighted by atomic mass is 16.6. The zero-order valence-electron chi connectivity index (χ0n) is 25.1. The van der Waals surface area contributed by atoms with Gasteiger partial charge in [-0.15, -0.1) is 0 Å². The molecule has 1 N–H and O–H groups in total. The molecule has 2 unspecified atom stereocenters. The molecule has 0 aliphatic carbocycles. The van der Waals surface area contributed by atoms with Crippen molar-refractivity contribution in [2.24, 2.45) is 7.05 Å². The molecule has 0 fully saturated rings. The summed E-state index contributed by atoms with van der Waals surface area (Å²) in [5.74, 6) is 0.923. The van der Waals surface area contributed by atoms with Gasteiger partial charge in [-0.1, -0.05) is 62.7 Å². The summed E-state index contributed by atoms with van der Waals surface area (Å²) >= 11 is 0. The molecule has 0 aliphatic rings. The van der Waals surface area contributed by atoms with Crippen LogP contribution in [0.2, 0.25) is 0 Å². The highest BCUT2D eigenvalue weighted by Crippen LogP contribution is 2.24. The van der Waals surface area contributed by atoms with E-state index < -0.39 is 18.1 Å². The Labute approximate surface area is 246 Å². The van der Waals surface area contributed by atoms with Crippen LogP contribution in [-0.2, 0) is 47.2 Å². The predicted molar refractivity (Wildman–Crippen MR) is 162 cm³/mol. The Kier molecular flexibility index (Phi) is 10.9. The molecule has 2 atom stereocenters. The lowest BCUT2D eigenvalue weighted by atomic mass is 10.00. The van der Waals surface area contributed by atoms with Gasteiger partial charge in [-0.05, 0) is 36.6 Å². The molecule has 0 bridgehead atoms. The fraction of sp³-hybridized carbons (Fsp3) is 0.438. The van der Waals surface area contributed by atoms with Crippen LogP contribution in [0.3, 0.4) is 0 Å². The molecule has 0 saturated carbocycles. The van der Waals surface area contributed by atoms with Crippen LogP contribution in [0.25, 0.3) is 11.0 Å². The van der Waals surface area contributed by atoms with E-state index >= 15 is 0 Å². The van der Waals surface area contributed by atoms with E-state index in [0.29, 0.717) is 55.3 Å². The van der Waals surface area contributed by atoms with Crippen molar-refractivity contribution < 1.29 is 19.0 Å². The van der Waals surface area contributed by atoms with E-state index in [1.54, 1.807) is 16.3 Å². The predicted octanol–water partition coefficient (Wildman–Crippen LogP) is 4.13. The lowest BCUT2D eigenvalue weighted by Crippen LogP contribution is -2.40. The molecule has 0 saturated heterocycles. The van der Waals surface area contributed by atoms with Crippen molar-refractivity contribution in [3.63, 3.8) is 0 Å². The topological polar surface area (TPSA) is 110 Å². The highest BCUT2D eigenvalue weighted by molar-refractivity contribution is 5.77. The van der Waals surface area contributed by atoms with Gasteiger partial charge in [0.1, 0.15) is 23.7 Å². The summed E-state index contributed by atoms with van der Waals surface area (Å²) in [5.41, 5.74) is 3.92. The van der Waals surface area contributed by atoms with Crippen molar-refractivity contribution in [3.8, 4) is 5.75 Å². The maximum absolute atomic E-state index is 13.4. The second-order valence-electron chi connectivity index (χ2n) is 10.0.